The zero-order valence-corrected chi connectivity index (χ0v) is 15.5. The number of thiazole rings is 1. The third-order valence-electron chi connectivity index (χ3n) is 5.17. The second-order valence-corrected chi connectivity index (χ2v) is 8.04. The van der Waals surface area contributed by atoms with Gasteiger partial charge in [-0.2, -0.15) is 0 Å². The highest BCUT2D eigenvalue weighted by atomic mass is 32.1. The van der Waals surface area contributed by atoms with Crippen LogP contribution in [-0.4, -0.2) is 27.6 Å². The summed E-state index contributed by atoms with van der Waals surface area (Å²) in [5, 5.41) is 2.47. The molecule has 1 aliphatic rings. The molecule has 0 saturated carbocycles. The van der Waals surface area contributed by atoms with Gasteiger partial charge in [-0.3, -0.25) is 0 Å². The molecule has 1 fully saturated rings. The maximum Gasteiger partial charge on any atom is 0.153 e. The first-order chi connectivity index (χ1) is 11.6. The number of anilines is 1. The standard InChI is InChI=1S/C19H24N4S/c1-13-14(2)23(12-16-11-21-15(3)24-16)18-17(13)7-8-20-19(18)22-9-5-4-6-10-22/h7-8,11H,4-6,9-10,12H2,1-3H3. The van der Waals surface area contributed by atoms with Crippen LogP contribution < -0.4 is 4.90 Å². The van der Waals surface area contributed by atoms with Crippen molar-refractivity contribution in [3.05, 3.63) is 39.6 Å². The Balaban J connectivity index is 1.86. The van der Waals surface area contributed by atoms with Crippen molar-refractivity contribution in [1.82, 2.24) is 14.5 Å². The molecule has 0 atom stereocenters. The molecule has 24 heavy (non-hydrogen) atoms. The number of hydrogen-bond donors (Lipinski definition) is 0. The predicted molar refractivity (Wildman–Crippen MR) is 101 cm³/mol. The van der Waals surface area contributed by atoms with Crippen molar-refractivity contribution in [2.75, 3.05) is 18.0 Å². The summed E-state index contributed by atoms with van der Waals surface area (Å²) in [7, 11) is 0. The summed E-state index contributed by atoms with van der Waals surface area (Å²) in [6, 6.07) is 2.17. The Morgan fingerprint density at radius 2 is 1.88 bits per heavy atom. The Hall–Kier alpha value is -1.88. The summed E-state index contributed by atoms with van der Waals surface area (Å²) in [6.07, 6.45) is 7.86. The van der Waals surface area contributed by atoms with Crippen LogP contribution in [0.4, 0.5) is 5.82 Å². The van der Waals surface area contributed by atoms with Gasteiger partial charge in [0, 0.05) is 41.4 Å². The van der Waals surface area contributed by atoms with Gasteiger partial charge in [-0.15, -0.1) is 11.3 Å². The minimum Gasteiger partial charge on any atom is -0.355 e. The van der Waals surface area contributed by atoms with Crippen molar-refractivity contribution < 1.29 is 0 Å². The van der Waals surface area contributed by atoms with Crippen LogP contribution in [0.25, 0.3) is 10.9 Å². The third kappa shape index (κ3) is 2.61. The molecule has 0 aliphatic carbocycles. The summed E-state index contributed by atoms with van der Waals surface area (Å²) in [6.45, 7) is 9.65. The lowest BCUT2D eigenvalue weighted by atomic mass is 10.1. The van der Waals surface area contributed by atoms with E-state index in [9.17, 15) is 0 Å². The van der Waals surface area contributed by atoms with Gasteiger partial charge in [0.25, 0.3) is 0 Å². The molecule has 5 heteroatoms. The van der Waals surface area contributed by atoms with Crippen LogP contribution in [0.3, 0.4) is 0 Å². The minimum atomic E-state index is 0.883. The van der Waals surface area contributed by atoms with E-state index in [2.05, 4.69) is 41.3 Å². The van der Waals surface area contributed by atoms with Gasteiger partial charge in [0.1, 0.15) is 0 Å². The van der Waals surface area contributed by atoms with Gasteiger partial charge in [-0.1, -0.05) is 0 Å². The quantitative estimate of drug-likeness (QED) is 0.706. The number of fused-ring (bicyclic) bond motifs is 1. The molecule has 4 rings (SSSR count). The van der Waals surface area contributed by atoms with Crippen molar-refractivity contribution >= 4 is 28.1 Å². The number of aryl methyl sites for hydroxylation is 2. The number of pyridine rings is 1. The Labute approximate surface area is 147 Å². The minimum absolute atomic E-state index is 0.883. The van der Waals surface area contributed by atoms with Crippen LogP contribution in [0.2, 0.25) is 0 Å². The SMILES string of the molecule is Cc1ncc(Cn2c(C)c(C)c3ccnc(N4CCCCC4)c32)s1. The van der Waals surface area contributed by atoms with E-state index >= 15 is 0 Å². The van der Waals surface area contributed by atoms with E-state index in [1.807, 2.05) is 12.4 Å². The number of nitrogens with zero attached hydrogens (tertiary/aromatic N) is 4. The van der Waals surface area contributed by atoms with E-state index in [-0.39, 0.29) is 0 Å². The molecule has 3 aromatic rings. The number of piperidine rings is 1. The van der Waals surface area contributed by atoms with Crippen LogP contribution in [0, 0.1) is 20.8 Å². The van der Waals surface area contributed by atoms with Gasteiger partial charge < -0.3 is 9.47 Å². The molecule has 0 N–H and O–H groups in total. The highest BCUT2D eigenvalue weighted by Gasteiger charge is 2.21. The van der Waals surface area contributed by atoms with E-state index in [1.54, 1.807) is 11.3 Å². The molecule has 0 amide bonds. The van der Waals surface area contributed by atoms with E-state index in [0.717, 1.165) is 30.5 Å². The maximum absolute atomic E-state index is 4.79. The van der Waals surface area contributed by atoms with E-state index < -0.39 is 0 Å². The van der Waals surface area contributed by atoms with Gasteiger partial charge in [-0.05, 0) is 51.7 Å². The van der Waals surface area contributed by atoms with Crippen LogP contribution in [0.1, 0.15) is 40.4 Å². The molecule has 0 radical (unpaired) electrons. The molecule has 0 aromatic carbocycles. The first kappa shape index (κ1) is 15.6. The second-order valence-electron chi connectivity index (χ2n) is 6.72. The topological polar surface area (TPSA) is 34.0 Å². The fraction of sp³-hybridized carbons (Fsp3) is 0.474. The summed E-state index contributed by atoms with van der Waals surface area (Å²) in [5.74, 6) is 1.16. The van der Waals surface area contributed by atoms with Gasteiger partial charge >= 0.3 is 0 Å². The maximum atomic E-state index is 4.79. The van der Waals surface area contributed by atoms with Crippen molar-refractivity contribution in [2.45, 2.75) is 46.6 Å². The average molecular weight is 340 g/mol. The zero-order valence-electron chi connectivity index (χ0n) is 14.7. The van der Waals surface area contributed by atoms with E-state index in [1.165, 1.54) is 46.3 Å². The fourth-order valence-corrected chi connectivity index (χ4v) is 4.53. The Bertz CT molecular complexity index is 871. The van der Waals surface area contributed by atoms with E-state index in [4.69, 9.17) is 4.98 Å². The van der Waals surface area contributed by atoms with Gasteiger partial charge in [0.2, 0.25) is 0 Å². The van der Waals surface area contributed by atoms with Crippen molar-refractivity contribution in [3.8, 4) is 0 Å². The third-order valence-corrected chi connectivity index (χ3v) is 6.06. The number of hydrogen-bond acceptors (Lipinski definition) is 4. The summed E-state index contributed by atoms with van der Waals surface area (Å²) in [5.41, 5.74) is 4.00. The lowest BCUT2D eigenvalue weighted by Gasteiger charge is -2.28. The van der Waals surface area contributed by atoms with Gasteiger partial charge in [0.05, 0.1) is 17.1 Å². The smallest absolute Gasteiger partial charge is 0.153 e. The highest BCUT2D eigenvalue weighted by Crippen LogP contribution is 2.33. The van der Waals surface area contributed by atoms with Crippen LogP contribution >= 0.6 is 11.3 Å². The van der Waals surface area contributed by atoms with E-state index in [0.29, 0.717) is 0 Å². The molecule has 1 saturated heterocycles. The largest absolute Gasteiger partial charge is 0.355 e. The first-order valence-electron chi connectivity index (χ1n) is 8.76. The Kier molecular flexibility index (Phi) is 4.04. The summed E-state index contributed by atoms with van der Waals surface area (Å²) >= 11 is 1.78. The summed E-state index contributed by atoms with van der Waals surface area (Å²) < 4.78 is 2.44. The molecule has 0 spiro atoms. The predicted octanol–water partition coefficient (Wildman–Crippen LogP) is 4.46. The fourth-order valence-electron chi connectivity index (χ4n) is 3.75. The summed E-state index contributed by atoms with van der Waals surface area (Å²) in [4.78, 5) is 13.0. The van der Waals surface area contributed by atoms with Crippen LogP contribution in [0.5, 0.6) is 0 Å². The molecule has 4 heterocycles. The average Bonchev–Trinajstić information content (AvgIpc) is 3.13. The number of aromatic nitrogens is 3. The zero-order chi connectivity index (χ0) is 16.7. The lowest BCUT2D eigenvalue weighted by molar-refractivity contribution is 0.574. The Morgan fingerprint density at radius 1 is 1.08 bits per heavy atom. The Morgan fingerprint density at radius 3 is 2.58 bits per heavy atom. The molecular weight excluding hydrogens is 316 g/mol. The molecule has 126 valence electrons. The van der Waals surface area contributed by atoms with Crippen LogP contribution in [-0.2, 0) is 6.54 Å². The van der Waals surface area contributed by atoms with Crippen molar-refractivity contribution in [1.29, 1.82) is 0 Å². The molecule has 0 bridgehead atoms. The molecule has 0 unspecified atom stereocenters. The normalized spacial score (nSPS) is 15.4. The second kappa shape index (κ2) is 6.20. The van der Waals surface area contributed by atoms with Crippen LogP contribution in [0.15, 0.2) is 18.5 Å². The molecule has 3 aromatic heterocycles. The highest BCUT2D eigenvalue weighted by molar-refractivity contribution is 7.11. The molecule has 4 nitrogen and oxygen atoms in total. The van der Waals surface area contributed by atoms with Crippen molar-refractivity contribution in [3.63, 3.8) is 0 Å². The molecule has 1 aliphatic heterocycles. The lowest BCUT2D eigenvalue weighted by Crippen LogP contribution is -2.30. The van der Waals surface area contributed by atoms with Gasteiger partial charge in [0.15, 0.2) is 5.82 Å². The first-order valence-corrected chi connectivity index (χ1v) is 9.57. The van der Waals surface area contributed by atoms with Gasteiger partial charge in [-0.25, -0.2) is 9.97 Å². The molecular formula is C19H24N4S. The van der Waals surface area contributed by atoms with Crippen molar-refractivity contribution in [2.24, 2.45) is 0 Å². The number of rotatable bonds is 3. The monoisotopic (exact) mass is 340 g/mol.